The molecule has 0 saturated heterocycles. The second kappa shape index (κ2) is 6.12. The summed E-state index contributed by atoms with van der Waals surface area (Å²) in [5.74, 6) is -0.797. The van der Waals surface area contributed by atoms with Gasteiger partial charge in [0.05, 0.1) is 11.7 Å². The number of anilines is 1. The van der Waals surface area contributed by atoms with E-state index in [2.05, 4.69) is 10.4 Å². The number of hydrogen-bond donors (Lipinski definition) is 2. The summed E-state index contributed by atoms with van der Waals surface area (Å²) >= 11 is 0. The highest BCUT2D eigenvalue weighted by Gasteiger charge is 2.27. The van der Waals surface area contributed by atoms with Crippen LogP contribution in [0, 0.1) is 25.1 Å². The summed E-state index contributed by atoms with van der Waals surface area (Å²) in [7, 11) is 0. The number of carbonyl (C=O) groups is 1. The summed E-state index contributed by atoms with van der Waals surface area (Å²) in [6, 6.07) is 5.70. The Bertz CT molecular complexity index is 731. The highest BCUT2D eigenvalue weighted by atomic mass is 19.1. The van der Waals surface area contributed by atoms with E-state index in [0.29, 0.717) is 11.4 Å². The van der Waals surface area contributed by atoms with E-state index in [-0.39, 0.29) is 11.3 Å². The number of hydrogen-bond acceptors (Lipinski definition) is 3. The van der Waals surface area contributed by atoms with Crippen LogP contribution in [0.25, 0.3) is 5.69 Å². The number of aromatic nitrogens is 2. The van der Waals surface area contributed by atoms with E-state index in [1.807, 2.05) is 40.7 Å². The lowest BCUT2D eigenvalue weighted by Gasteiger charge is -2.25. The molecule has 0 spiro atoms. The third-order valence-corrected chi connectivity index (χ3v) is 3.67. The Morgan fingerprint density at radius 2 is 1.96 bits per heavy atom. The Morgan fingerprint density at radius 1 is 1.30 bits per heavy atom. The van der Waals surface area contributed by atoms with E-state index in [1.165, 1.54) is 10.7 Å². The van der Waals surface area contributed by atoms with E-state index in [9.17, 15) is 9.18 Å². The van der Waals surface area contributed by atoms with Crippen LogP contribution in [-0.2, 0) is 4.79 Å². The van der Waals surface area contributed by atoms with Crippen molar-refractivity contribution in [2.45, 2.75) is 40.7 Å². The molecule has 2 aromatic rings. The minimum Gasteiger partial charge on any atom is -0.325 e. The molecule has 0 aliphatic heterocycles. The van der Waals surface area contributed by atoms with Crippen LogP contribution in [0.5, 0.6) is 0 Å². The Morgan fingerprint density at radius 3 is 2.43 bits per heavy atom. The summed E-state index contributed by atoms with van der Waals surface area (Å²) in [6.45, 7) is 9.35. The van der Waals surface area contributed by atoms with Gasteiger partial charge in [0.25, 0.3) is 0 Å². The second-order valence-corrected chi connectivity index (χ2v) is 6.84. The predicted molar refractivity (Wildman–Crippen MR) is 89.1 cm³/mol. The standard InChI is InChI=1S/C17H23FN4O/c1-10-8-11(2)22(21-10)14-7-6-12(9-13(14)18)20-16(23)15(19)17(3,4)5/h6-9,15H,19H2,1-5H3,(H,20,23)/t15-/m1/s1. The minimum absolute atomic E-state index is 0.337. The van der Waals surface area contributed by atoms with Gasteiger partial charge in [-0.15, -0.1) is 0 Å². The molecule has 0 saturated carbocycles. The normalized spacial score (nSPS) is 13.0. The van der Waals surface area contributed by atoms with Gasteiger partial charge < -0.3 is 11.1 Å². The van der Waals surface area contributed by atoms with Gasteiger partial charge in [0.1, 0.15) is 5.69 Å². The fourth-order valence-electron chi connectivity index (χ4n) is 2.24. The van der Waals surface area contributed by atoms with Crippen molar-refractivity contribution in [3.8, 4) is 5.69 Å². The molecule has 0 unspecified atom stereocenters. The quantitative estimate of drug-likeness (QED) is 0.914. The average molecular weight is 318 g/mol. The summed E-state index contributed by atoms with van der Waals surface area (Å²) in [6.07, 6.45) is 0. The smallest absolute Gasteiger partial charge is 0.241 e. The lowest BCUT2D eigenvalue weighted by Crippen LogP contribution is -2.45. The van der Waals surface area contributed by atoms with Gasteiger partial charge in [0.15, 0.2) is 5.82 Å². The minimum atomic E-state index is -0.679. The van der Waals surface area contributed by atoms with Gasteiger partial charge in [-0.1, -0.05) is 20.8 Å². The van der Waals surface area contributed by atoms with E-state index in [0.717, 1.165) is 11.4 Å². The van der Waals surface area contributed by atoms with Crippen molar-refractivity contribution >= 4 is 11.6 Å². The fraction of sp³-hybridized carbons (Fsp3) is 0.412. The molecule has 0 bridgehead atoms. The zero-order valence-corrected chi connectivity index (χ0v) is 14.1. The largest absolute Gasteiger partial charge is 0.325 e. The van der Waals surface area contributed by atoms with Crippen molar-refractivity contribution in [2.24, 2.45) is 11.1 Å². The van der Waals surface area contributed by atoms with Crippen LogP contribution in [0.4, 0.5) is 10.1 Å². The van der Waals surface area contributed by atoms with Gasteiger partial charge in [-0.05, 0) is 43.5 Å². The highest BCUT2D eigenvalue weighted by Crippen LogP contribution is 2.22. The molecular formula is C17H23FN4O. The number of rotatable bonds is 3. The molecule has 0 aliphatic carbocycles. The van der Waals surface area contributed by atoms with Crippen LogP contribution < -0.4 is 11.1 Å². The molecule has 1 heterocycles. The van der Waals surface area contributed by atoms with Crippen molar-refractivity contribution in [1.82, 2.24) is 9.78 Å². The molecule has 0 radical (unpaired) electrons. The maximum atomic E-state index is 14.4. The van der Waals surface area contributed by atoms with E-state index < -0.39 is 11.9 Å². The number of nitrogens with zero attached hydrogens (tertiary/aromatic N) is 2. The lowest BCUT2D eigenvalue weighted by atomic mass is 9.87. The molecule has 6 heteroatoms. The van der Waals surface area contributed by atoms with Crippen LogP contribution in [0.15, 0.2) is 24.3 Å². The number of aryl methyl sites for hydroxylation is 2. The molecule has 0 aliphatic rings. The summed E-state index contributed by atoms with van der Waals surface area (Å²) in [5, 5.41) is 6.92. The monoisotopic (exact) mass is 318 g/mol. The number of halogens is 1. The predicted octanol–water partition coefficient (Wildman–Crippen LogP) is 2.94. The molecule has 5 nitrogen and oxygen atoms in total. The summed E-state index contributed by atoms with van der Waals surface area (Å²) in [5.41, 5.74) is 7.91. The maximum absolute atomic E-state index is 14.4. The van der Waals surface area contributed by atoms with Gasteiger partial charge >= 0.3 is 0 Å². The van der Waals surface area contributed by atoms with Gasteiger partial charge in [-0.2, -0.15) is 5.10 Å². The third kappa shape index (κ3) is 3.76. The summed E-state index contributed by atoms with van der Waals surface area (Å²) < 4.78 is 15.9. The molecular weight excluding hydrogens is 295 g/mol. The Balaban J connectivity index is 2.23. The van der Waals surface area contributed by atoms with Crippen LogP contribution in [0.1, 0.15) is 32.2 Å². The topological polar surface area (TPSA) is 72.9 Å². The Labute approximate surface area is 135 Å². The maximum Gasteiger partial charge on any atom is 0.241 e. The van der Waals surface area contributed by atoms with Crippen LogP contribution in [0.2, 0.25) is 0 Å². The molecule has 1 aromatic heterocycles. The van der Waals surface area contributed by atoms with Crippen molar-refractivity contribution in [3.05, 3.63) is 41.5 Å². The van der Waals surface area contributed by atoms with Gasteiger partial charge in [-0.25, -0.2) is 9.07 Å². The van der Waals surface area contributed by atoms with Crippen molar-refractivity contribution in [2.75, 3.05) is 5.32 Å². The third-order valence-electron chi connectivity index (χ3n) is 3.67. The number of nitrogens with two attached hydrogens (primary N) is 1. The Hall–Kier alpha value is -2.21. The zero-order valence-electron chi connectivity index (χ0n) is 14.1. The molecule has 1 aromatic carbocycles. The molecule has 124 valence electrons. The van der Waals surface area contributed by atoms with Crippen molar-refractivity contribution < 1.29 is 9.18 Å². The zero-order chi connectivity index (χ0) is 17.4. The van der Waals surface area contributed by atoms with Gasteiger partial charge in [-0.3, -0.25) is 4.79 Å². The summed E-state index contributed by atoms with van der Waals surface area (Å²) in [4.78, 5) is 12.1. The first-order valence-electron chi connectivity index (χ1n) is 7.49. The number of carbonyl (C=O) groups excluding carboxylic acids is 1. The molecule has 3 N–H and O–H groups in total. The second-order valence-electron chi connectivity index (χ2n) is 6.84. The first-order chi connectivity index (χ1) is 10.6. The molecule has 23 heavy (non-hydrogen) atoms. The lowest BCUT2D eigenvalue weighted by molar-refractivity contribution is -0.119. The van der Waals surface area contributed by atoms with Gasteiger partial charge in [0, 0.05) is 11.4 Å². The highest BCUT2D eigenvalue weighted by molar-refractivity contribution is 5.95. The molecule has 1 atom stereocenters. The van der Waals surface area contributed by atoms with Crippen molar-refractivity contribution in [3.63, 3.8) is 0 Å². The molecule has 0 fully saturated rings. The van der Waals surface area contributed by atoms with Crippen molar-refractivity contribution in [1.29, 1.82) is 0 Å². The number of nitrogens with one attached hydrogen (secondary N) is 1. The average Bonchev–Trinajstić information content (AvgIpc) is 2.75. The molecule has 2 rings (SSSR count). The molecule has 1 amide bonds. The van der Waals surface area contributed by atoms with E-state index in [4.69, 9.17) is 5.73 Å². The van der Waals surface area contributed by atoms with Gasteiger partial charge in [0.2, 0.25) is 5.91 Å². The fourth-order valence-corrected chi connectivity index (χ4v) is 2.24. The Kier molecular flexibility index (Phi) is 4.56. The first-order valence-corrected chi connectivity index (χ1v) is 7.49. The number of benzene rings is 1. The number of amides is 1. The van der Waals surface area contributed by atoms with E-state index in [1.54, 1.807) is 12.1 Å². The van der Waals surface area contributed by atoms with Crippen LogP contribution in [0.3, 0.4) is 0 Å². The van der Waals surface area contributed by atoms with Crippen LogP contribution in [-0.4, -0.2) is 21.7 Å². The SMILES string of the molecule is Cc1cc(C)n(-c2ccc(NC(=O)[C@@H](N)C(C)(C)C)cc2F)n1. The first kappa shape index (κ1) is 17.1. The van der Waals surface area contributed by atoms with Crippen LogP contribution >= 0.6 is 0 Å². The van der Waals surface area contributed by atoms with E-state index >= 15 is 0 Å².